The third-order valence-electron chi connectivity index (χ3n) is 6.81. The lowest BCUT2D eigenvalue weighted by molar-refractivity contribution is -0.126. The third kappa shape index (κ3) is 6.02. The Morgan fingerprint density at radius 1 is 1.06 bits per heavy atom. The molecule has 1 atom stereocenters. The van der Waals surface area contributed by atoms with Crippen molar-refractivity contribution in [1.82, 2.24) is 14.5 Å². The molecule has 0 radical (unpaired) electrons. The first kappa shape index (κ1) is 25.4. The van der Waals surface area contributed by atoms with E-state index in [0.29, 0.717) is 37.4 Å². The van der Waals surface area contributed by atoms with Crippen LogP contribution in [0.5, 0.6) is 0 Å². The fourth-order valence-electron chi connectivity index (χ4n) is 4.30. The Morgan fingerprint density at radius 3 is 2.24 bits per heavy atom. The number of aryl methyl sites for hydroxylation is 3. The maximum absolute atomic E-state index is 13.0. The van der Waals surface area contributed by atoms with Crippen LogP contribution in [0.2, 0.25) is 0 Å². The summed E-state index contributed by atoms with van der Waals surface area (Å²) < 4.78 is 27.6. The number of hydrogen-bond acceptors (Lipinski definition) is 4. The molecular weight excluding hydrogens is 434 g/mol. The molecule has 1 saturated heterocycles. The topological polar surface area (TPSA) is 69.7 Å². The maximum Gasteiger partial charge on any atom is 0.243 e. The van der Waals surface area contributed by atoms with E-state index in [4.69, 9.17) is 0 Å². The molecule has 1 amide bonds. The first-order valence-electron chi connectivity index (χ1n) is 11.7. The average molecular weight is 472 g/mol. The summed E-state index contributed by atoms with van der Waals surface area (Å²) in [6, 6.07) is 13.9. The van der Waals surface area contributed by atoms with Gasteiger partial charge in [0, 0.05) is 25.6 Å². The highest BCUT2D eigenvalue weighted by Gasteiger charge is 2.32. The maximum atomic E-state index is 13.0. The average Bonchev–Trinajstić information content (AvgIpc) is 2.81. The van der Waals surface area contributed by atoms with Crippen LogP contribution in [-0.4, -0.2) is 57.3 Å². The monoisotopic (exact) mass is 471 g/mol. The quantitative estimate of drug-likeness (QED) is 0.638. The van der Waals surface area contributed by atoms with Crippen LogP contribution in [0, 0.1) is 19.8 Å². The van der Waals surface area contributed by atoms with Gasteiger partial charge in [-0.1, -0.05) is 37.3 Å². The van der Waals surface area contributed by atoms with E-state index >= 15 is 0 Å². The minimum absolute atomic E-state index is 0.00950. The summed E-state index contributed by atoms with van der Waals surface area (Å²) in [4.78, 5) is 15.3. The molecule has 3 rings (SSSR count). The van der Waals surface area contributed by atoms with Gasteiger partial charge in [-0.15, -0.1) is 0 Å². The fourth-order valence-corrected chi connectivity index (χ4v) is 5.85. The zero-order valence-corrected chi connectivity index (χ0v) is 21.3. The number of carbonyl (C=O) groups is 1. The lowest BCUT2D eigenvalue weighted by Gasteiger charge is -2.31. The number of piperidine rings is 1. The number of rotatable bonds is 8. The van der Waals surface area contributed by atoms with Crippen LogP contribution in [0.1, 0.15) is 48.1 Å². The fraction of sp³-hybridized carbons (Fsp3) is 0.500. The Bertz CT molecular complexity index is 1060. The molecule has 7 heteroatoms. The van der Waals surface area contributed by atoms with Crippen molar-refractivity contribution in [3.05, 3.63) is 64.7 Å². The van der Waals surface area contributed by atoms with E-state index in [1.807, 2.05) is 34.0 Å². The van der Waals surface area contributed by atoms with Crippen molar-refractivity contribution in [3.63, 3.8) is 0 Å². The molecule has 0 spiro atoms. The Hall–Kier alpha value is -2.22. The molecule has 1 heterocycles. The van der Waals surface area contributed by atoms with Gasteiger partial charge in [-0.05, 0) is 81.6 Å². The molecule has 0 unspecified atom stereocenters. The Balaban J connectivity index is 1.57. The highest BCUT2D eigenvalue weighted by Crippen LogP contribution is 2.26. The zero-order chi connectivity index (χ0) is 24.2. The van der Waals surface area contributed by atoms with Crippen molar-refractivity contribution < 1.29 is 13.2 Å². The van der Waals surface area contributed by atoms with Crippen LogP contribution in [0.4, 0.5) is 0 Å². The minimum atomic E-state index is -3.53. The van der Waals surface area contributed by atoms with E-state index in [-0.39, 0.29) is 17.9 Å². The standard InChI is InChI=1S/C26H37N3O3S/c1-6-21-8-10-22(11-9-21)25(28(4)5)18-27-26(30)23-13-15-29(16-14-23)33(31,32)24-12-7-19(2)20(3)17-24/h7-12,17,23,25H,6,13-16,18H2,1-5H3,(H,27,30)/t25-/m0/s1. The van der Waals surface area contributed by atoms with Crippen LogP contribution < -0.4 is 5.32 Å². The second-order valence-electron chi connectivity index (χ2n) is 9.24. The second-order valence-corrected chi connectivity index (χ2v) is 11.2. The lowest BCUT2D eigenvalue weighted by Crippen LogP contribution is -2.44. The predicted octanol–water partition coefficient (Wildman–Crippen LogP) is 3.69. The highest BCUT2D eigenvalue weighted by molar-refractivity contribution is 7.89. The molecule has 1 aliphatic heterocycles. The summed E-state index contributed by atoms with van der Waals surface area (Å²) >= 11 is 0. The third-order valence-corrected chi connectivity index (χ3v) is 8.70. The van der Waals surface area contributed by atoms with Gasteiger partial charge in [0.1, 0.15) is 0 Å². The van der Waals surface area contributed by atoms with Crippen molar-refractivity contribution in [2.45, 2.75) is 51.0 Å². The van der Waals surface area contributed by atoms with E-state index in [2.05, 4.69) is 41.4 Å². The first-order valence-corrected chi connectivity index (χ1v) is 13.2. The van der Waals surface area contributed by atoms with Crippen molar-refractivity contribution in [2.75, 3.05) is 33.7 Å². The Labute approximate surface area is 199 Å². The van der Waals surface area contributed by atoms with E-state index in [9.17, 15) is 13.2 Å². The second kappa shape index (κ2) is 10.8. The number of nitrogens with one attached hydrogen (secondary N) is 1. The van der Waals surface area contributed by atoms with Crippen molar-refractivity contribution in [2.24, 2.45) is 5.92 Å². The van der Waals surface area contributed by atoms with Crippen molar-refractivity contribution >= 4 is 15.9 Å². The highest BCUT2D eigenvalue weighted by atomic mass is 32.2. The summed E-state index contributed by atoms with van der Waals surface area (Å²) in [6.45, 7) is 7.28. The number of sulfonamides is 1. The SMILES string of the molecule is CCc1ccc([C@H](CNC(=O)C2CCN(S(=O)(=O)c3ccc(C)c(C)c3)CC2)N(C)C)cc1. The number of likely N-dealkylation sites (N-methyl/N-ethyl adjacent to an activating group) is 1. The number of amides is 1. The normalized spacial score (nSPS) is 16.7. The summed E-state index contributed by atoms with van der Waals surface area (Å²) in [5.41, 5.74) is 4.50. The molecule has 180 valence electrons. The van der Waals surface area contributed by atoms with Gasteiger partial charge < -0.3 is 10.2 Å². The molecule has 0 aromatic heterocycles. The first-order chi connectivity index (χ1) is 15.6. The van der Waals surface area contributed by atoms with Crippen LogP contribution in [0.25, 0.3) is 0 Å². The van der Waals surface area contributed by atoms with Gasteiger partial charge >= 0.3 is 0 Å². The van der Waals surface area contributed by atoms with Crippen molar-refractivity contribution in [1.29, 1.82) is 0 Å². The molecule has 33 heavy (non-hydrogen) atoms. The van der Waals surface area contributed by atoms with E-state index in [1.165, 1.54) is 15.4 Å². The van der Waals surface area contributed by atoms with Gasteiger partial charge in [0.25, 0.3) is 0 Å². The lowest BCUT2D eigenvalue weighted by atomic mass is 9.96. The van der Waals surface area contributed by atoms with Crippen LogP contribution >= 0.6 is 0 Å². The molecule has 2 aromatic rings. The molecule has 1 aliphatic rings. The van der Waals surface area contributed by atoms with E-state index in [0.717, 1.165) is 17.5 Å². The number of hydrogen-bond donors (Lipinski definition) is 1. The van der Waals surface area contributed by atoms with Gasteiger partial charge in [0.2, 0.25) is 15.9 Å². The molecule has 2 aromatic carbocycles. The molecule has 1 fully saturated rings. The number of benzene rings is 2. The Morgan fingerprint density at radius 2 is 1.70 bits per heavy atom. The molecule has 0 saturated carbocycles. The summed E-state index contributed by atoms with van der Waals surface area (Å²) in [7, 11) is 0.495. The van der Waals surface area contributed by atoms with Gasteiger partial charge in [0.05, 0.1) is 10.9 Å². The van der Waals surface area contributed by atoms with Gasteiger partial charge in [-0.25, -0.2) is 8.42 Å². The minimum Gasteiger partial charge on any atom is -0.354 e. The molecule has 1 N–H and O–H groups in total. The largest absolute Gasteiger partial charge is 0.354 e. The molecular formula is C26H37N3O3S. The van der Waals surface area contributed by atoms with Gasteiger partial charge in [-0.2, -0.15) is 4.31 Å². The van der Waals surface area contributed by atoms with Crippen LogP contribution in [-0.2, 0) is 21.2 Å². The molecule has 0 bridgehead atoms. The molecule has 6 nitrogen and oxygen atoms in total. The number of nitrogens with zero attached hydrogens (tertiary/aromatic N) is 2. The summed E-state index contributed by atoms with van der Waals surface area (Å²) in [5.74, 6) is -0.156. The van der Waals surface area contributed by atoms with Gasteiger partial charge in [-0.3, -0.25) is 4.79 Å². The Kier molecular flexibility index (Phi) is 8.32. The summed E-state index contributed by atoms with van der Waals surface area (Å²) in [6.07, 6.45) is 2.07. The zero-order valence-electron chi connectivity index (χ0n) is 20.5. The van der Waals surface area contributed by atoms with Crippen LogP contribution in [0.3, 0.4) is 0 Å². The predicted molar refractivity (Wildman–Crippen MR) is 133 cm³/mol. The number of carbonyl (C=O) groups excluding carboxylic acids is 1. The van der Waals surface area contributed by atoms with Gasteiger partial charge in [0.15, 0.2) is 0 Å². The molecule has 0 aliphatic carbocycles. The van der Waals surface area contributed by atoms with E-state index < -0.39 is 10.0 Å². The smallest absolute Gasteiger partial charge is 0.243 e. The summed E-state index contributed by atoms with van der Waals surface area (Å²) in [5, 5.41) is 3.11. The van der Waals surface area contributed by atoms with Crippen LogP contribution in [0.15, 0.2) is 47.4 Å². The van der Waals surface area contributed by atoms with E-state index in [1.54, 1.807) is 12.1 Å². The van der Waals surface area contributed by atoms with Crippen molar-refractivity contribution in [3.8, 4) is 0 Å².